The van der Waals surface area contributed by atoms with E-state index in [4.69, 9.17) is 9.47 Å². The molecule has 0 spiro atoms. The van der Waals surface area contributed by atoms with Crippen molar-refractivity contribution in [3.8, 4) is 0 Å². The summed E-state index contributed by atoms with van der Waals surface area (Å²) in [5, 5.41) is 6.23. The molecule has 1 heterocycles. The van der Waals surface area contributed by atoms with Crippen LogP contribution in [0.25, 0.3) is 0 Å². The molecule has 0 saturated heterocycles. The lowest BCUT2D eigenvalue weighted by molar-refractivity contribution is -0.132. The van der Waals surface area contributed by atoms with E-state index in [1.54, 1.807) is 19.2 Å². The van der Waals surface area contributed by atoms with Crippen LogP contribution >= 0.6 is 0 Å². The predicted octanol–water partition coefficient (Wildman–Crippen LogP) is 3.32. The number of carbonyl (C=O) groups excluding carboxylic acids is 1. The summed E-state index contributed by atoms with van der Waals surface area (Å²) in [4.78, 5) is 12.1. The molecule has 0 aromatic heterocycles. The second kappa shape index (κ2) is 8.12. The minimum absolute atomic E-state index is 0.0554. The number of ether oxygens (including phenoxy) is 2. The smallest absolute Gasteiger partial charge is 0.239 e. The predicted molar refractivity (Wildman–Crippen MR) is 94.1 cm³/mol. The third kappa shape index (κ3) is 3.90. The van der Waals surface area contributed by atoms with Crippen LogP contribution in [0.2, 0.25) is 0 Å². The van der Waals surface area contributed by atoms with Crippen molar-refractivity contribution in [1.82, 2.24) is 5.01 Å². The average molecular weight is 354 g/mol. The number of nitrogens with zero attached hydrogens (tertiary/aromatic N) is 2. The fourth-order valence-electron chi connectivity index (χ4n) is 4.91. The molecule has 142 valence electrons. The first kappa shape index (κ1) is 18.8. The van der Waals surface area contributed by atoms with Crippen molar-refractivity contribution in [2.45, 2.75) is 82.7 Å². The van der Waals surface area contributed by atoms with Crippen molar-refractivity contribution in [2.75, 3.05) is 14.2 Å². The summed E-state index contributed by atoms with van der Waals surface area (Å²) < 4.78 is 25.6. The van der Waals surface area contributed by atoms with Gasteiger partial charge >= 0.3 is 0 Å². The number of hydrogen-bond donors (Lipinski definition) is 0. The quantitative estimate of drug-likeness (QED) is 0.778. The molecule has 2 saturated carbocycles. The number of alkyl halides is 1. The van der Waals surface area contributed by atoms with Crippen LogP contribution in [0.15, 0.2) is 5.10 Å². The van der Waals surface area contributed by atoms with Gasteiger partial charge in [0.15, 0.2) is 0 Å². The van der Waals surface area contributed by atoms with Crippen LogP contribution in [0.5, 0.6) is 0 Å². The molecular weight excluding hydrogens is 323 g/mol. The fraction of sp³-hybridized carbons (Fsp3) is 0.895. The number of carbonyl (C=O) groups is 1. The van der Waals surface area contributed by atoms with E-state index >= 15 is 0 Å². The van der Waals surface area contributed by atoms with Crippen molar-refractivity contribution in [3.05, 3.63) is 0 Å². The molecule has 6 atom stereocenters. The Bertz CT molecular complexity index is 513. The number of hydrazone groups is 1. The normalized spacial score (nSPS) is 39.4. The molecule has 25 heavy (non-hydrogen) atoms. The van der Waals surface area contributed by atoms with Crippen molar-refractivity contribution in [2.24, 2.45) is 16.9 Å². The molecular formula is C19H31FN2O3. The molecule has 0 aromatic rings. The number of amides is 1. The maximum Gasteiger partial charge on any atom is 0.239 e. The molecule has 2 fully saturated rings. The van der Waals surface area contributed by atoms with Gasteiger partial charge in [0.1, 0.15) is 6.17 Å². The molecule has 0 aromatic carbocycles. The Hall–Kier alpha value is -1.01. The Kier molecular flexibility index (Phi) is 6.10. The minimum Gasteiger partial charge on any atom is -0.379 e. The van der Waals surface area contributed by atoms with Crippen LogP contribution in [0.3, 0.4) is 0 Å². The second-order valence-corrected chi connectivity index (χ2v) is 7.75. The van der Waals surface area contributed by atoms with Gasteiger partial charge in [-0.2, -0.15) is 5.10 Å². The third-order valence-electron chi connectivity index (χ3n) is 6.33. The van der Waals surface area contributed by atoms with Crippen LogP contribution in [-0.2, 0) is 14.3 Å². The Labute approximate surface area is 149 Å². The molecule has 1 amide bonds. The van der Waals surface area contributed by atoms with Crippen LogP contribution in [0.4, 0.5) is 4.39 Å². The van der Waals surface area contributed by atoms with Crippen LogP contribution < -0.4 is 0 Å². The number of hydrogen-bond acceptors (Lipinski definition) is 4. The highest BCUT2D eigenvalue weighted by Gasteiger charge is 2.43. The zero-order valence-electron chi connectivity index (χ0n) is 15.6. The van der Waals surface area contributed by atoms with Crippen molar-refractivity contribution in [1.29, 1.82) is 0 Å². The summed E-state index contributed by atoms with van der Waals surface area (Å²) in [6, 6.07) is -0.107. The van der Waals surface area contributed by atoms with E-state index < -0.39 is 6.17 Å². The monoisotopic (exact) mass is 354 g/mol. The Balaban J connectivity index is 1.72. The maximum absolute atomic E-state index is 14.5. The first-order valence-corrected chi connectivity index (χ1v) is 9.62. The first-order valence-electron chi connectivity index (χ1n) is 9.62. The highest BCUT2D eigenvalue weighted by atomic mass is 19.1. The highest BCUT2D eigenvalue weighted by molar-refractivity contribution is 5.91. The van der Waals surface area contributed by atoms with Gasteiger partial charge in [-0.3, -0.25) is 4.79 Å². The third-order valence-corrected chi connectivity index (χ3v) is 6.33. The summed E-state index contributed by atoms with van der Waals surface area (Å²) in [6.07, 6.45) is 6.32. The summed E-state index contributed by atoms with van der Waals surface area (Å²) in [7, 11) is 3.44. The van der Waals surface area contributed by atoms with Gasteiger partial charge in [0.25, 0.3) is 0 Å². The standard InChI is InChI=1S/C19H31FN2O3/c1-12(23)22-17(14-6-4-5-7-15(14)20)11-16(21-22)13-8-9-18(24-2)19(10-13)25-3/h13-15,17-19H,4-11H2,1-3H3. The molecule has 0 N–H and O–H groups in total. The summed E-state index contributed by atoms with van der Waals surface area (Å²) in [5.41, 5.74) is 1.05. The van der Waals surface area contributed by atoms with E-state index in [2.05, 4.69) is 5.10 Å². The van der Waals surface area contributed by atoms with Gasteiger partial charge in [0, 0.05) is 45.1 Å². The largest absolute Gasteiger partial charge is 0.379 e. The second-order valence-electron chi connectivity index (χ2n) is 7.75. The summed E-state index contributed by atoms with van der Waals surface area (Å²) >= 11 is 0. The number of methoxy groups -OCH3 is 2. The lowest BCUT2D eigenvalue weighted by Gasteiger charge is -2.35. The van der Waals surface area contributed by atoms with Crippen LogP contribution in [-0.4, -0.2) is 55.3 Å². The molecule has 6 heteroatoms. The zero-order valence-corrected chi connectivity index (χ0v) is 15.6. The molecule has 0 radical (unpaired) electrons. The van der Waals surface area contributed by atoms with Gasteiger partial charge in [0.2, 0.25) is 5.91 Å². The number of halogens is 1. The van der Waals surface area contributed by atoms with Crippen LogP contribution in [0, 0.1) is 11.8 Å². The number of rotatable bonds is 4. The van der Waals surface area contributed by atoms with Gasteiger partial charge in [-0.15, -0.1) is 0 Å². The summed E-state index contributed by atoms with van der Waals surface area (Å²) in [5.74, 6) is 0.143. The van der Waals surface area contributed by atoms with E-state index in [-0.39, 0.29) is 30.1 Å². The molecule has 2 aliphatic carbocycles. The van der Waals surface area contributed by atoms with Crippen molar-refractivity contribution in [3.63, 3.8) is 0 Å². The van der Waals surface area contributed by atoms with E-state index in [1.165, 1.54) is 6.92 Å². The van der Waals surface area contributed by atoms with Gasteiger partial charge < -0.3 is 9.47 Å². The molecule has 0 bridgehead atoms. The van der Waals surface area contributed by atoms with Crippen molar-refractivity contribution < 1.29 is 18.7 Å². The molecule has 5 nitrogen and oxygen atoms in total. The topological polar surface area (TPSA) is 51.1 Å². The summed E-state index contributed by atoms with van der Waals surface area (Å²) in [6.45, 7) is 1.54. The molecule has 3 rings (SSSR count). The van der Waals surface area contributed by atoms with E-state index in [9.17, 15) is 9.18 Å². The first-order chi connectivity index (χ1) is 12.0. The van der Waals surface area contributed by atoms with Gasteiger partial charge in [0.05, 0.1) is 18.2 Å². The van der Waals surface area contributed by atoms with Gasteiger partial charge in [-0.05, 0) is 32.1 Å². The van der Waals surface area contributed by atoms with E-state index in [0.717, 1.165) is 44.2 Å². The molecule has 3 aliphatic rings. The molecule has 6 unspecified atom stereocenters. The minimum atomic E-state index is -0.814. The lowest BCUT2D eigenvalue weighted by atomic mass is 9.77. The van der Waals surface area contributed by atoms with Crippen molar-refractivity contribution >= 4 is 11.6 Å². The highest BCUT2D eigenvalue weighted by Crippen LogP contribution is 2.39. The van der Waals surface area contributed by atoms with Crippen LogP contribution in [0.1, 0.15) is 58.3 Å². The van der Waals surface area contributed by atoms with Gasteiger partial charge in [-0.25, -0.2) is 9.40 Å². The SMILES string of the molecule is COC1CCC(C2=NN(C(C)=O)C(C3CCCCC3F)C2)CC1OC. The Morgan fingerprint density at radius 2 is 1.84 bits per heavy atom. The van der Waals surface area contributed by atoms with E-state index in [1.807, 2.05) is 0 Å². The zero-order chi connectivity index (χ0) is 18.0. The average Bonchev–Trinajstić information content (AvgIpc) is 3.07. The molecule has 1 aliphatic heterocycles. The maximum atomic E-state index is 14.5. The van der Waals surface area contributed by atoms with E-state index in [0.29, 0.717) is 18.8 Å². The van der Waals surface area contributed by atoms with Gasteiger partial charge in [-0.1, -0.05) is 12.8 Å². The Morgan fingerprint density at radius 3 is 2.48 bits per heavy atom. The fourth-order valence-corrected chi connectivity index (χ4v) is 4.91. The Morgan fingerprint density at radius 1 is 1.12 bits per heavy atom. The lowest BCUT2D eigenvalue weighted by Crippen LogP contribution is -2.42.